The zero-order valence-electron chi connectivity index (χ0n) is 16.7. The van der Waals surface area contributed by atoms with Crippen molar-refractivity contribution in [3.63, 3.8) is 0 Å². The summed E-state index contributed by atoms with van der Waals surface area (Å²) in [6.07, 6.45) is -0.474. The number of methoxy groups -OCH3 is 1. The molecule has 7 nitrogen and oxygen atoms in total. The van der Waals surface area contributed by atoms with E-state index < -0.39 is 17.1 Å². The van der Waals surface area contributed by atoms with E-state index in [-0.39, 0.29) is 18.3 Å². The number of halogens is 1. The van der Waals surface area contributed by atoms with E-state index in [1.54, 1.807) is 6.07 Å². The van der Waals surface area contributed by atoms with Crippen molar-refractivity contribution >= 4 is 33.3 Å². The van der Waals surface area contributed by atoms with Gasteiger partial charge in [-0.3, -0.25) is 19.8 Å². The molecule has 0 saturated heterocycles. The molecule has 0 radical (unpaired) electrons. The van der Waals surface area contributed by atoms with Crippen molar-refractivity contribution in [3.05, 3.63) is 104 Å². The Morgan fingerprint density at radius 1 is 1.10 bits per heavy atom. The molecule has 3 aromatic rings. The summed E-state index contributed by atoms with van der Waals surface area (Å²) in [6, 6.07) is 22.0. The van der Waals surface area contributed by atoms with E-state index in [4.69, 9.17) is 4.74 Å². The van der Waals surface area contributed by atoms with Crippen LogP contribution in [0.5, 0.6) is 0 Å². The van der Waals surface area contributed by atoms with Crippen LogP contribution in [0, 0.1) is 10.1 Å². The van der Waals surface area contributed by atoms with Crippen molar-refractivity contribution in [2.75, 3.05) is 19.0 Å². The molecule has 0 unspecified atom stereocenters. The maximum absolute atomic E-state index is 12.4. The van der Waals surface area contributed by atoms with Gasteiger partial charge < -0.3 is 10.1 Å². The maximum Gasteiger partial charge on any atom is 0.319 e. The fraction of sp³-hybridized carbons (Fsp3) is 0.174. The van der Waals surface area contributed by atoms with Crippen LogP contribution >= 0.6 is 15.9 Å². The summed E-state index contributed by atoms with van der Waals surface area (Å²) in [4.78, 5) is 25.3. The molecule has 4 rings (SSSR count). The summed E-state index contributed by atoms with van der Waals surface area (Å²) in [5.74, 6) is -0.392. The summed E-state index contributed by atoms with van der Waals surface area (Å²) in [5.41, 5.74) is 3.58. The number of nitrogens with zero attached hydrogens (tertiary/aromatic N) is 2. The SMILES string of the molecule is COC(=O)CN1[C@H](c2ccccc2)c2cc(Br)ccc2N[C@@H]1c1cccc([N+](=O)[O-])c1. The van der Waals surface area contributed by atoms with Crippen LogP contribution in [0.1, 0.15) is 28.9 Å². The molecule has 1 aliphatic heterocycles. The molecule has 0 bridgehead atoms. The molecule has 158 valence electrons. The lowest BCUT2D eigenvalue weighted by molar-refractivity contribution is -0.384. The minimum absolute atomic E-state index is 0.00235. The number of hydrogen-bond acceptors (Lipinski definition) is 6. The number of fused-ring (bicyclic) bond motifs is 1. The first-order chi connectivity index (χ1) is 15.0. The van der Waals surface area contributed by atoms with Gasteiger partial charge >= 0.3 is 5.97 Å². The van der Waals surface area contributed by atoms with E-state index in [9.17, 15) is 14.9 Å². The third-order valence-corrected chi connectivity index (χ3v) is 5.81. The Bertz CT molecular complexity index is 1120. The van der Waals surface area contributed by atoms with Gasteiger partial charge in [0.05, 0.1) is 24.6 Å². The van der Waals surface area contributed by atoms with E-state index in [0.29, 0.717) is 5.56 Å². The highest BCUT2D eigenvalue weighted by atomic mass is 79.9. The van der Waals surface area contributed by atoms with Crippen molar-refractivity contribution in [2.45, 2.75) is 12.2 Å². The third kappa shape index (κ3) is 4.30. The Labute approximate surface area is 187 Å². The fourth-order valence-electron chi connectivity index (χ4n) is 3.93. The molecular formula is C23H20BrN3O4. The van der Waals surface area contributed by atoms with Crippen LogP contribution in [0.2, 0.25) is 0 Å². The molecule has 0 amide bonds. The number of esters is 1. The molecule has 1 heterocycles. The highest BCUT2D eigenvalue weighted by molar-refractivity contribution is 9.10. The molecule has 0 saturated carbocycles. The normalized spacial score (nSPS) is 18.0. The average Bonchev–Trinajstić information content (AvgIpc) is 2.79. The quantitative estimate of drug-likeness (QED) is 0.312. The number of carbonyl (C=O) groups excluding carboxylic acids is 1. The lowest BCUT2D eigenvalue weighted by Gasteiger charge is -2.44. The summed E-state index contributed by atoms with van der Waals surface area (Å²) in [7, 11) is 1.35. The predicted molar refractivity (Wildman–Crippen MR) is 121 cm³/mol. The van der Waals surface area contributed by atoms with Crippen LogP contribution in [0.15, 0.2) is 77.3 Å². The highest BCUT2D eigenvalue weighted by Crippen LogP contribution is 2.45. The number of ether oxygens (including phenoxy) is 1. The summed E-state index contributed by atoms with van der Waals surface area (Å²) in [6.45, 7) is 0.00235. The largest absolute Gasteiger partial charge is 0.468 e. The van der Waals surface area contributed by atoms with E-state index in [1.807, 2.05) is 59.5 Å². The van der Waals surface area contributed by atoms with Crippen LogP contribution in [0.4, 0.5) is 11.4 Å². The first-order valence-electron chi connectivity index (χ1n) is 9.66. The molecule has 1 aliphatic rings. The number of carbonyl (C=O) groups is 1. The Morgan fingerprint density at radius 2 is 1.84 bits per heavy atom. The van der Waals surface area contributed by atoms with E-state index in [2.05, 4.69) is 21.2 Å². The first-order valence-corrected chi connectivity index (χ1v) is 10.4. The van der Waals surface area contributed by atoms with Crippen LogP contribution in [0.3, 0.4) is 0 Å². The average molecular weight is 482 g/mol. The van der Waals surface area contributed by atoms with Gasteiger partial charge in [-0.05, 0) is 34.9 Å². The van der Waals surface area contributed by atoms with Gasteiger partial charge in [0.25, 0.3) is 5.69 Å². The molecule has 0 spiro atoms. The van der Waals surface area contributed by atoms with Crippen molar-refractivity contribution in [1.82, 2.24) is 4.90 Å². The topological polar surface area (TPSA) is 84.7 Å². The fourth-order valence-corrected chi connectivity index (χ4v) is 4.31. The van der Waals surface area contributed by atoms with Gasteiger partial charge in [0.2, 0.25) is 0 Å². The minimum atomic E-state index is -0.474. The van der Waals surface area contributed by atoms with E-state index in [1.165, 1.54) is 19.2 Å². The Morgan fingerprint density at radius 3 is 2.55 bits per heavy atom. The van der Waals surface area contributed by atoms with Crippen LogP contribution in [-0.4, -0.2) is 29.4 Å². The smallest absolute Gasteiger partial charge is 0.319 e. The molecule has 2 atom stereocenters. The maximum atomic E-state index is 12.4. The number of non-ortho nitro benzene ring substituents is 1. The monoisotopic (exact) mass is 481 g/mol. The molecule has 0 aromatic heterocycles. The standard InChI is InChI=1S/C23H20BrN3O4/c1-31-21(28)14-26-22(15-6-3-2-4-7-15)19-13-17(24)10-11-20(19)25-23(26)16-8-5-9-18(12-16)27(29)30/h2-13,22-23,25H,14H2,1H3/t22-,23+/m1/s1. The van der Waals surface area contributed by atoms with Gasteiger partial charge in [-0.15, -0.1) is 0 Å². The van der Waals surface area contributed by atoms with Crippen molar-refractivity contribution in [1.29, 1.82) is 0 Å². The predicted octanol–water partition coefficient (Wildman–Crippen LogP) is 5.05. The van der Waals surface area contributed by atoms with Crippen molar-refractivity contribution in [3.8, 4) is 0 Å². The molecule has 3 aromatic carbocycles. The molecule has 0 fully saturated rings. The second-order valence-corrected chi connectivity index (χ2v) is 8.11. The lowest BCUT2D eigenvalue weighted by Crippen LogP contribution is -2.44. The van der Waals surface area contributed by atoms with Gasteiger partial charge in [0.15, 0.2) is 0 Å². The molecular weight excluding hydrogens is 462 g/mol. The second kappa shape index (κ2) is 8.87. The van der Waals surface area contributed by atoms with Gasteiger partial charge in [-0.2, -0.15) is 0 Å². The molecule has 8 heteroatoms. The second-order valence-electron chi connectivity index (χ2n) is 7.19. The van der Waals surface area contributed by atoms with Crippen LogP contribution in [-0.2, 0) is 9.53 Å². The summed E-state index contributed by atoms with van der Waals surface area (Å²) < 4.78 is 5.89. The first kappa shape index (κ1) is 21.0. The van der Waals surface area contributed by atoms with Crippen LogP contribution < -0.4 is 5.32 Å². The number of nitrogens with one attached hydrogen (secondary N) is 1. The third-order valence-electron chi connectivity index (χ3n) is 5.32. The van der Waals surface area contributed by atoms with E-state index >= 15 is 0 Å². The number of benzene rings is 3. The summed E-state index contributed by atoms with van der Waals surface area (Å²) in [5, 5.41) is 14.8. The zero-order chi connectivity index (χ0) is 22.0. The molecule has 1 N–H and O–H groups in total. The van der Waals surface area contributed by atoms with Gasteiger partial charge in [0.1, 0.15) is 6.17 Å². The molecule has 0 aliphatic carbocycles. The Balaban J connectivity index is 1.90. The zero-order valence-corrected chi connectivity index (χ0v) is 18.3. The van der Waals surface area contributed by atoms with E-state index in [0.717, 1.165) is 21.3 Å². The Kier molecular flexibility index (Phi) is 6.01. The van der Waals surface area contributed by atoms with Gasteiger partial charge in [0, 0.05) is 22.3 Å². The molecule has 31 heavy (non-hydrogen) atoms. The van der Waals surface area contributed by atoms with Gasteiger partial charge in [-0.1, -0.05) is 58.4 Å². The summed E-state index contributed by atoms with van der Waals surface area (Å²) >= 11 is 3.55. The Hall–Kier alpha value is -3.23. The van der Waals surface area contributed by atoms with Crippen LogP contribution in [0.25, 0.3) is 0 Å². The number of nitro benzene ring substituents is 1. The number of rotatable bonds is 5. The lowest BCUT2D eigenvalue weighted by atomic mass is 9.91. The van der Waals surface area contributed by atoms with Crippen molar-refractivity contribution < 1.29 is 14.5 Å². The number of nitro groups is 1. The van der Waals surface area contributed by atoms with Crippen molar-refractivity contribution in [2.24, 2.45) is 0 Å². The minimum Gasteiger partial charge on any atom is -0.468 e. The number of anilines is 1. The van der Waals surface area contributed by atoms with Gasteiger partial charge in [-0.25, -0.2) is 0 Å². The number of hydrogen-bond donors (Lipinski definition) is 1. The highest BCUT2D eigenvalue weighted by Gasteiger charge is 2.37.